The summed E-state index contributed by atoms with van der Waals surface area (Å²) in [5.41, 5.74) is 1.74. The number of rotatable bonds is 5. The Labute approximate surface area is 163 Å². The van der Waals surface area contributed by atoms with Gasteiger partial charge in [0.2, 0.25) is 0 Å². The lowest BCUT2D eigenvalue weighted by Crippen LogP contribution is -2.32. The van der Waals surface area contributed by atoms with Gasteiger partial charge in [-0.3, -0.25) is 19.8 Å². The largest absolute Gasteiger partial charge is 0.320 e. The number of nitro groups is 1. The van der Waals surface area contributed by atoms with E-state index in [0.717, 1.165) is 31.1 Å². The number of carbonyl (C=O) groups is 1. The number of non-ortho nitro benzene ring substituents is 1. The van der Waals surface area contributed by atoms with Crippen LogP contribution in [0.4, 0.5) is 11.4 Å². The van der Waals surface area contributed by atoms with E-state index in [0.29, 0.717) is 5.56 Å². The molecule has 0 bridgehead atoms. The number of hydrogen-bond acceptors (Lipinski definition) is 4. The van der Waals surface area contributed by atoms with Gasteiger partial charge in [0, 0.05) is 24.2 Å². The molecule has 0 unspecified atom stereocenters. The van der Waals surface area contributed by atoms with Gasteiger partial charge in [-0.1, -0.05) is 30.7 Å². The van der Waals surface area contributed by atoms with E-state index in [1.807, 2.05) is 12.1 Å². The highest BCUT2D eigenvalue weighted by molar-refractivity contribution is 6.34. The SMILES string of the molecule is CC1CCN(Cc2ccc(C(=O)Nc3cc([N+](=O)[O-])ccc3Cl)cc2)CC1. The van der Waals surface area contributed by atoms with Gasteiger partial charge in [0.05, 0.1) is 15.6 Å². The highest BCUT2D eigenvalue weighted by Crippen LogP contribution is 2.27. The van der Waals surface area contributed by atoms with Crippen LogP contribution in [0.15, 0.2) is 42.5 Å². The fraction of sp³-hybridized carbons (Fsp3) is 0.350. The molecular weight excluding hydrogens is 366 g/mol. The highest BCUT2D eigenvalue weighted by atomic mass is 35.5. The van der Waals surface area contributed by atoms with Gasteiger partial charge in [-0.2, -0.15) is 0 Å². The maximum atomic E-state index is 12.4. The number of carbonyl (C=O) groups excluding carboxylic acids is 1. The van der Waals surface area contributed by atoms with Gasteiger partial charge in [0.1, 0.15) is 0 Å². The molecule has 1 saturated heterocycles. The lowest BCUT2D eigenvalue weighted by molar-refractivity contribution is -0.384. The first-order valence-corrected chi connectivity index (χ1v) is 9.37. The van der Waals surface area contributed by atoms with E-state index in [4.69, 9.17) is 11.6 Å². The Morgan fingerprint density at radius 2 is 1.89 bits per heavy atom. The van der Waals surface area contributed by atoms with E-state index in [1.54, 1.807) is 12.1 Å². The smallest absolute Gasteiger partial charge is 0.271 e. The summed E-state index contributed by atoms with van der Waals surface area (Å²) in [6, 6.07) is 11.4. The third kappa shape index (κ3) is 5.05. The first kappa shape index (κ1) is 19.3. The van der Waals surface area contributed by atoms with Crippen LogP contribution in [-0.4, -0.2) is 28.8 Å². The lowest BCUT2D eigenvalue weighted by Gasteiger charge is -2.30. The molecule has 0 radical (unpaired) electrons. The fourth-order valence-electron chi connectivity index (χ4n) is 3.16. The monoisotopic (exact) mass is 387 g/mol. The van der Waals surface area contributed by atoms with Crippen LogP contribution < -0.4 is 5.32 Å². The minimum absolute atomic E-state index is 0.124. The first-order chi connectivity index (χ1) is 12.9. The molecule has 0 aromatic heterocycles. The summed E-state index contributed by atoms with van der Waals surface area (Å²) in [6.07, 6.45) is 2.45. The number of halogens is 1. The summed E-state index contributed by atoms with van der Waals surface area (Å²) in [5, 5.41) is 13.8. The molecule has 2 aromatic carbocycles. The molecule has 0 saturated carbocycles. The number of nitrogens with zero attached hydrogens (tertiary/aromatic N) is 2. The molecule has 6 nitrogen and oxygen atoms in total. The van der Waals surface area contributed by atoms with E-state index >= 15 is 0 Å². The molecule has 0 aliphatic carbocycles. The Hall–Kier alpha value is -2.44. The Morgan fingerprint density at radius 1 is 1.22 bits per heavy atom. The zero-order chi connectivity index (χ0) is 19.4. The molecule has 1 N–H and O–H groups in total. The average molecular weight is 388 g/mol. The van der Waals surface area contributed by atoms with Gasteiger partial charge < -0.3 is 5.32 Å². The normalized spacial score (nSPS) is 15.5. The molecule has 0 spiro atoms. The van der Waals surface area contributed by atoms with Crippen LogP contribution in [0.5, 0.6) is 0 Å². The third-order valence-corrected chi connectivity index (χ3v) is 5.24. The molecule has 0 atom stereocenters. The number of nitrogens with one attached hydrogen (secondary N) is 1. The number of piperidine rings is 1. The molecule has 1 aliphatic heterocycles. The molecule has 1 fully saturated rings. The van der Waals surface area contributed by atoms with Gasteiger partial charge in [0.15, 0.2) is 0 Å². The standard InChI is InChI=1S/C20H22ClN3O3/c1-14-8-10-23(11-9-14)13-15-2-4-16(5-3-15)20(25)22-19-12-17(24(26)27)6-7-18(19)21/h2-7,12,14H,8-11,13H2,1H3,(H,22,25). The highest BCUT2D eigenvalue weighted by Gasteiger charge is 2.16. The van der Waals surface area contributed by atoms with Crippen LogP contribution in [0.2, 0.25) is 5.02 Å². The number of amides is 1. The van der Waals surface area contributed by atoms with Crippen molar-refractivity contribution in [3.05, 3.63) is 68.7 Å². The minimum Gasteiger partial charge on any atom is -0.320 e. The lowest BCUT2D eigenvalue weighted by atomic mass is 9.99. The zero-order valence-corrected chi connectivity index (χ0v) is 15.9. The minimum atomic E-state index is -0.526. The number of benzene rings is 2. The van der Waals surface area contributed by atoms with E-state index in [9.17, 15) is 14.9 Å². The quantitative estimate of drug-likeness (QED) is 0.594. The van der Waals surface area contributed by atoms with E-state index < -0.39 is 4.92 Å². The van der Waals surface area contributed by atoms with Crippen LogP contribution in [0.3, 0.4) is 0 Å². The number of nitro benzene ring substituents is 1. The van der Waals surface area contributed by atoms with Crippen LogP contribution in [0, 0.1) is 16.0 Å². The first-order valence-electron chi connectivity index (χ1n) is 8.99. The maximum Gasteiger partial charge on any atom is 0.271 e. The van der Waals surface area contributed by atoms with Crippen molar-refractivity contribution in [3.63, 3.8) is 0 Å². The van der Waals surface area contributed by atoms with Crippen molar-refractivity contribution < 1.29 is 9.72 Å². The van der Waals surface area contributed by atoms with Gasteiger partial charge in [0.25, 0.3) is 11.6 Å². The van der Waals surface area contributed by atoms with Crippen molar-refractivity contribution in [2.75, 3.05) is 18.4 Å². The van der Waals surface area contributed by atoms with Crippen molar-refractivity contribution in [2.45, 2.75) is 26.3 Å². The molecule has 1 amide bonds. The van der Waals surface area contributed by atoms with Gasteiger partial charge in [-0.15, -0.1) is 0 Å². The topological polar surface area (TPSA) is 75.5 Å². The molecule has 7 heteroatoms. The predicted molar refractivity (Wildman–Crippen MR) is 106 cm³/mol. The van der Waals surface area contributed by atoms with Crippen molar-refractivity contribution in [1.29, 1.82) is 0 Å². The zero-order valence-electron chi connectivity index (χ0n) is 15.2. The Balaban J connectivity index is 1.64. The van der Waals surface area contributed by atoms with E-state index in [2.05, 4.69) is 17.1 Å². The van der Waals surface area contributed by atoms with Crippen LogP contribution in [0.1, 0.15) is 35.7 Å². The number of hydrogen-bond donors (Lipinski definition) is 1. The van der Waals surface area contributed by atoms with Crippen LogP contribution >= 0.6 is 11.6 Å². The maximum absolute atomic E-state index is 12.4. The van der Waals surface area contributed by atoms with Crippen molar-refractivity contribution in [3.8, 4) is 0 Å². The van der Waals surface area contributed by atoms with Crippen molar-refractivity contribution in [2.24, 2.45) is 5.92 Å². The Bertz CT molecular complexity index is 831. The third-order valence-electron chi connectivity index (χ3n) is 4.91. The summed E-state index contributed by atoms with van der Waals surface area (Å²) < 4.78 is 0. The average Bonchev–Trinajstić information content (AvgIpc) is 2.65. The van der Waals surface area contributed by atoms with Gasteiger partial charge in [-0.05, 0) is 55.6 Å². The van der Waals surface area contributed by atoms with Gasteiger partial charge in [-0.25, -0.2) is 0 Å². The second-order valence-corrected chi connectivity index (χ2v) is 7.44. The summed E-state index contributed by atoms with van der Waals surface area (Å²) in [6.45, 7) is 5.38. The molecular formula is C20H22ClN3O3. The Kier molecular flexibility index (Phi) is 6.08. The van der Waals surface area contributed by atoms with E-state index in [-0.39, 0.29) is 22.3 Å². The van der Waals surface area contributed by atoms with E-state index in [1.165, 1.54) is 31.0 Å². The Morgan fingerprint density at radius 3 is 2.52 bits per heavy atom. The molecule has 1 aliphatic rings. The molecule has 1 heterocycles. The van der Waals surface area contributed by atoms with Gasteiger partial charge >= 0.3 is 0 Å². The second-order valence-electron chi connectivity index (χ2n) is 7.03. The number of anilines is 1. The summed E-state index contributed by atoms with van der Waals surface area (Å²) >= 11 is 6.03. The van der Waals surface area contributed by atoms with Crippen LogP contribution in [0.25, 0.3) is 0 Å². The molecule has 2 aromatic rings. The summed E-state index contributed by atoms with van der Waals surface area (Å²) in [4.78, 5) is 25.2. The molecule has 27 heavy (non-hydrogen) atoms. The predicted octanol–water partition coefficient (Wildman–Crippen LogP) is 4.73. The molecule has 3 rings (SSSR count). The summed E-state index contributed by atoms with van der Waals surface area (Å²) in [5.74, 6) is 0.448. The number of likely N-dealkylation sites (tertiary alicyclic amines) is 1. The second kappa shape index (κ2) is 8.50. The van der Waals surface area contributed by atoms with Crippen molar-refractivity contribution in [1.82, 2.24) is 4.90 Å². The molecule has 142 valence electrons. The van der Waals surface area contributed by atoms with Crippen molar-refractivity contribution >= 4 is 28.9 Å². The fourth-order valence-corrected chi connectivity index (χ4v) is 3.32. The summed E-state index contributed by atoms with van der Waals surface area (Å²) in [7, 11) is 0. The van der Waals surface area contributed by atoms with Crippen LogP contribution in [-0.2, 0) is 6.54 Å².